The molecule has 2 heteroatoms. The first kappa shape index (κ1) is 17.3. The number of nitrogens with zero attached hydrogens (tertiary/aromatic N) is 1. The van der Waals surface area contributed by atoms with Crippen LogP contribution < -0.4 is 5.32 Å². The normalized spacial score (nSPS) is 35.3. The smallest absolute Gasteiger partial charge is 0.0272 e. The molecule has 0 bridgehead atoms. The van der Waals surface area contributed by atoms with Crippen molar-refractivity contribution in [1.82, 2.24) is 10.2 Å². The SMILES string of the molecule is CCCNC1CC(C)CC(C)C1N(C)CC1CCCCC1. The van der Waals surface area contributed by atoms with Gasteiger partial charge in [-0.1, -0.05) is 40.0 Å². The molecule has 4 unspecified atom stereocenters. The standard InChI is InChI=1S/C19H38N2/c1-5-11-20-18-13-15(2)12-16(3)19(18)21(4)14-17-9-7-6-8-10-17/h15-20H,5-14H2,1-4H3. The highest BCUT2D eigenvalue weighted by atomic mass is 15.2. The van der Waals surface area contributed by atoms with Gasteiger partial charge in [-0.15, -0.1) is 0 Å². The van der Waals surface area contributed by atoms with Gasteiger partial charge in [0.1, 0.15) is 0 Å². The molecule has 0 aliphatic heterocycles. The summed E-state index contributed by atoms with van der Waals surface area (Å²) in [5.74, 6) is 2.67. The van der Waals surface area contributed by atoms with Crippen LogP contribution in [0.4, 0.5) is 0 Å². The molecule has 2 saturated carbocycles. The predicted octanol–water partition coefficient (Wildman–Crippen LogP) is 4.30. The van der Waals surface area contributed by atoms with Crippen LogP contribution in [0.2, 0.25) is 0 Å². The van der Waals surface area contributed by atoms with Crippen molar-refractivity contribution in [3.8, 4) is 0 Å². The lowest BCUT2D eigenvalue weighted by molar-refractivity contribution is 0.0642. The molecule has 2 rings (SSSR count). The molecule has 2 aliphatic rings. The fourth-order valence-electron chi connectivity index (χ4n) is 5.01. The molecule has 0 aromatic rings. The van der Waals surface area contributed by atoms with Crippen LogP contribution in [0, 0.1) is 17.8 Å². The lowest BCUT2D eigenvalue weighted by atomic mass is 9.75. The topological polar surface area (TPSA) is 15.3 Å². The molecule has 124 valence electrons. The van der Waals surface area contributed by atoms with E-state index in [0.717, 1.165) is 23.8 Å². The van der Waals surface area contributed by atoms with Crippen LogP contribution in [0.1, 0.15) is 72.1 Å². The fraction of sp³-hybridized carbons (Fsp3) is 1.00. The molecule has 0 aromatic heterocycles. The molecule has 2 fully saturated rings. The molecule has 0 aromatic carbocycles. The van der Waals surface area contributed by atoms with Gasteiger partial charge < -0.3 is 10.2 Å². The molecular weight excluding hydrogens is 256 g/mol. The first-order valence-electron chi connectivity index (χ1n) is 9.55. The van der Waals surface area contributed by atoms with Gasteiger partial charge in [-0.3, -0.25) is 0 Å². The zero-order valence-corrected chi connectivity index (χ0v) is 14.9. The van der Waals surface area contributed by atoms with Crippen molar-refractivity contribution in [2.24, 2.45) is 17.8 Å². The number of hydrogen-bond donors (Lipinski definition) is 1. The average Bonchev–Trinajstić information content (AvgIpc) is 2.45. The van der Waals surface area contributed by atoms with Gasteiger partial charge in [0.05, 0.1) is 0 Å². The highest BCUT2D eigenvalue weighted by molar-refractivity contribution is 4.93. The Morgan fingerprint density at radius 2 is 1.76 bits per heavy atom. The number of nitrogens with one attached hydrogen (secondary N) is 1. The first-order valence-corrected chi connectivity index (χ1v) is 9.55. The summed E-state index contributed by atoms with van der Waals surface area (Å²) < 4.78 is 0. The summed E-state index contributed by atoms with van der Waals surface area (Å²) in [7, 11) is 2.40. The van der Waals surface area contributed by atoms with E-state index in [0.29, 0.717) is 6.04 Å². The van der Waals surface area contributed by atoms with Crippen LogP contribution >= 0.6 is 0 Å². The number of likely N-dealkylation sites (N-methyl/N-ethyl adjacent to an activating group) is 1. The molecule has 0 saturated heterocycles. The lowest BCUT2D eigenvalue weighted by Gasteiger charge is -2.46. The molecule has 2 nitrogen and oxygen atoms in total. The Bertz CT molecular complexity index is 285. The average molecular weight is 295 g/mol. The molecule has 0 radical (unpaired) electrons. The van der Waals surface area contributed by atoms with Gasteiger partial charge in [-0.2, -0.15) is 0 Å². The Kier molecular flexibility index (Phi) is 7.01. The van der Waals surface area contributed by atoms with Crippen molar-refractivity contribution < 1.29 is 0 Å². The van der Waals surface area contributed by atoms with E-state index in [-0.39, 0.29) is 0 Å². The van der Waals surface area contributed by atoms with E-state index in [9.17, 15) is 0 Å². The number of rotatable bonds is 6. The van der Waals surface area contributed by atoms with Gasteiger partial charge in [-0.05, 0) is 63.5 Å². The zero-order chi connectivity index (χ0) is 15.2. The monoisotopic (exact) mass is 294 g/mol. The molecular formula is C19H38N2. The third kappa shape index (κ3) is 4.96. The third-order valence-electron chi connectivity index (χ3n) is 5.86. The highest BCUT2D eigenvalue weighted by Crippen LogP contribution is 2.33. The molecule has 2 aliphatic carbocycles. The van der Waals surface area contributed by atoms with E-state index in [2.05, 4.69) is 38.0 Å². The Balaban J connectivity index is 1.94. The van der Waals surface area contributed by atoms with Crippen molar-refractivity contribution in [3.05, 3.63) is 0 Å². The summed E-state index contributed by atoms with van der Waals surface area (Å²) in [4.78, 5) is 2.72. The van der Waals surface area contributed by atoms with Crippen molar-refractivity contribution in [3.63, 3.8) is 0 Å². The van der Waals surface area contributed by atoms with Crippen molar-refractivity contribution in [2.45, 2.75) is 84.2 Å². The number of hydrogen-bond acceptors (Lipinski definition) is 2. The Morgan fingerprint density at radius 3 is 2.43 bits per heavy atom. The zero-order valence-electron chi connectivity index (χ0n) is 14.9. The second kappa shape index (κ2) is 8.53. The van der Waals surface area contributed by atoms with E-state index in [4.69, 9.17) is 0 Å². The van der Waals surface area contributed by atoms with E-state index in [1.54, 1.807) is 0 Å². The molecule has 1 N–H and O–H groups in total. The summed E-state index contributed by atoms with van der Waals surface area (Å²) >= 11 is 0. The molecule has 0 heterocycles. The van der Waals surface area contributed by atoms with E-state index in [1.807, 2.05) is 0 Å². The maximum absolute atomic E-state index is 3.86. The van der Waals surface area contributed by atoms with Crippen molar-refractivity contribution >= 4 is 0 Å². The van der Waals surface area contributed by atoms with Gasteiger partial charge in [0, 0.05) is 18.6 Å². The van der Waals surface area contributed by atoms with Crippen LogP contribution in [0.25, 0.3) is 0 Å². The maximum Gasteiger partial charge on any atom is 0.0272 e. The summed E-state index contributed by atoms with van der Waals surface area (Å²) in [6, 6.07) is 1.45. The fourth-order valence-corrected chi connectivity index (χ4v) is 5.01. The molecule has 0 spiro atoms. The van der Waals surface area contributed by atoms with E-state index < -0.39 is 0 Å². The lowest BCUT2D eigenvalue weighted by Crippen LogP contribution is -2.56. The summed E-state index contributed by atoms with van der Waals surface area (Å²) in [5.41, 5.74) is 0. The van der Waals surface area contributed by atoms with Crippen LogP contribution in [0.15, 0.2) is 0 Å². The summed E-state index contributed by atoms with van der Waals surface area (Å²) in [6.07, 6.45) is 11.4. The van der Waals surface area contributed by atoms with Crippen LogP contribution in [-0.4, -0.2) is 37.1 Å². The Morgan fingerprint density at radius 1 is 1.05 bits per heavy atom. The van der Waals surface area contributed by atoms with Gasteiger partial charge >= 0.3 is 0 Å². The van der Waals surface area contributed by atoms with Crippen LogP contribution in [0.3, 0.4) is 0 Å². The van der Waals surface area contributed by atoms with E-state index in [1.165, 1.54) is 64.5 Å². The molecule has 4 atom stereocenters. The predicted molar refractivity (Wildman–Crippen MR) is 92.6 cm³/mol. The quantitative estimate of drug-likeness (QED) is 0.785. The van der Waals surface area contributed by atoms with Gasteiger partial charge in [-0.25, -0.2) is 0 Å². The molecule has 21 heavy (non-hydrogen) atoms. The van der Waals surface area contributed by atoms with Crippen molar-refractivity contribution in [2.75, 3.05) is 20.1 Å². The third-order valence-corrected chi connectivity index (χ3v) is 5.86. The van der Waals surface area contributed by atoms with Crippen LogP contribution in [-0.2, 0) is 0 Å². The Hall–Kier alpha value is -0.0800. The first-order chi connectivity index (χ1) is 10.1. The minimum absolute atomic E-state index is 0.706. The van der Waals surface area contributed by atoms with Crippen molar-refractivity contribution in [1.29, 1.82) is 0 Å². The second-order valence-corrected chi connectivity index (χ2v) is 8.05. The Labute approximate surface area is 133 Å². The van der Waals surface area contributed by atoms with Crippen LogP contribution in [0.5, 0.6) is 0 Å². The van der Waals surface area contributed by atoms with Gasteiger partial charge in [0.25, 0.3) is 0 Å². The van der Waals surface area contributed by atoms with Gasteiger partial charge in [0.15, 0.2) is 0 Å². The summed E-state index contributed by atoms with van der Waals surface area (Å²) in [5, 5.41) is 3.86. The molecule has 0 amide bonds. The largest absolute Gasteiger partial charge is 0.312 e. The second-order valence-electron chi connectivity index (χ2n) is 8.05. The maximum atomic E-state index is 3.86. The van der Waals surface area contributed by atoms with E-state index >= 15 is 0 Å². The minimum Gasteiger partial charge on any atom is -0.312 e. The summed E-state index contributed by atoms with van der Waals surface area (Å²) in [6.45, 7) is 9.71. The van der Waals surface area contributed by atoms with Gasteiger partial charge in [0.2, 0.25) is 0 Å². The minimum atomic E-state index is 0.706. The highest BCUT2D eigenvalue weighted by Gasteiger charge is 2.36.